The Balaban J connectivity index is 2.50. The highest BCUT2D eigenvalue weighted by molar-refractivity contribution is 9.11. The number of hydrogen-bond donors (Lipinski definition) is 1. The standard InChI is InChI=1S/C6H9BrO/c7-5-2-1-3-6(8)4-5/h4,6,8H,1-3H2. The minimum absolute atomic E-state index is 0.196. The highest BCUT2D eigenvalue weighted by Crippen LogP contribution is 2.21. The van der Waals surface area contributed by atoms with Gasteiger partial charge in [0.25, 0.3) is 0 Å². The second-order valence-electron chi connectivity index (χ2n) is 2.07. The molecule has 0 heterocycles. The van der Waals surface area contributed by atoms with Gasteiger partial charge in [0.1, 0.15) is 0 Å². The first kappa shape index (κ1) is 6.30. The molecular formula is C6H9BrO. The van der Waals surface area contributed by atoms with Crippen molar-refractivity contribution >= 4 is 15.9 Å². The molecule has 0 amide bonds. The fourth-order valence-electron chi connectivity index (χ4n) is 0.855. The SMILES string of the molecule is OC1C=C(Br)CCC1. The van der Waals surface area contributed by atoms with Gasteiger partial charge < -0.3 is 5.11 Å². The van der Waals surface area contributed by atoms with E-state index in [1.807, 2.05) is 6.08 Å². The number of rotatable bonds is 0. The Kier molecular flexibility index (Phi) is 2.08. The fraction of sp³-hybridized carbons (Fsp3) is 0.667. The minimum atomic E-state index is -0.196. The lowest BCUT2D eigenvalue weighted by molar-refractivity contribution is 0.204. The van der Waals surface area contributed by atoms with Crippen LogP contribution in [0.15, 0.2) is 10.6 Å². The van der Waals surface area contributed by atoms with Crippen LogP contribution in [-0.4, -0.2) is 11.2 Å². The van der Waals surface area contributed by atoms with Crippen molar-refractivity contribution in [3.05, 3.63) is 10.6 Å². The van der Waals surface area contributed by atoms with Crippen molar-refractivity contribution in [1.82, 2.24) is 0 Å². The summed E-state index contributed by atoms with van der Waals surface area (Å²) in [7, 11) is 0. The van der Waals surface area contributed by atoms with Crippen LogP contribution in [0.1, 0.15) is 19.3 Å². The van der Waals surface area contributed by atoms with E-state index in [4.69, 9.17) is 5.11 Å². The summed E-state index contributed by atoms with van der Waals surface area (Å²) < 4.78 is 1.15. The summed E-state index contributed by atoms with van der Waals surface area (Å²) in [6, 6.07) is 0. The van der Waals surface area contributed by atoms with E-state index in [2.05, 4.69) is 15.9 Å². The van der Waals surface area contributed by atoms with Crippen molar-refractivity contribution < 1.29 is 5.11 Å². The molecule has 1 rings (SSSR count). The van der Waals surface area contributed by atoms with Gasteiger partial charge in [-0.05, 0) is 29.8 Å². The molecule has 0 bridgehead atoms. The Hall–Kier alpha value is 0.180. The van der Waals surface area contributed by atoms with Gasteiger partial charge in [0, 0.05) is 0 Å². The molecule has 1 aliphatic carbocycles. The maximum Gasteiger partial charge on any atom is 0.0731 e. The first-order valence-electron chi connectivity index (χ1n) is 2.83. The number of allylic oxidation sites excluding steroid dienone is 1. The molecule has 1 atom stereocenters. The van der Waals surface area contributed by atoms with Crippen LogP contribution in [0.3, 0.4) is 0 Å². The maximum absolute atomic E-state index is 8.97. The van der Waals surface area contributed by atoms with Gasteiger partial charge in [-0.2, -0.15) is 0 Å². The number of aliphatic hydroxyl groups excluding tert-OH is 1. The summed E-state index contributed by atoms with van der Waals surface area (Å²) in [6.45, 7) is 0. The van der Waals surface area contributed by atoms with Gasteiger partial charge in [-0.15, -0.1) is 0 Å². The third kappa shape index (κ3) is 1.60. The van der Waals surface area contributed by atoms with Gasteiger partial charge in [0.2, 0.25) is 0 Å². The Morgan fingerprint density at radius 1 is 1.75 bits per heavy atom. The topological polar surface area (TPSA) is 20.2 Å². The quantitative estimate of drug-likeness (QED) is 0.598. The normalized spacial score (nSPS) is 29.8. The molecule has 0 fully saturated rings. The number of halogens is 1. The highest BCUT2D eigenvalue weighted by Gasteiger charge is 2.07. The molecule has 1 N–H and O–H groups in total. The summed E-state index contributed by atoms with van der Waals surface area (Å²) in [5, 5.41) is 8.97. The Morgan fingerprint density at radius 3 is 2.88 bits per heavy atom. The second-order valence-corrected chi connectivity index (χ2v) is 3.09. The van der Waals surface area contributed by atoms with Gasteiger partial charge in [0.05, 0.1) is 6.10 Å². The van der Waals surface area contributed by atoms with Crippen LogP contribution < -0.4 is 0 Å². The van der Waals surface area contributed by atoms with Crippen LogP contribution in [0.25, 0.3) is 0 Å². The zero-order valence-electron chi connectivity index (χ0n) is 4.60. The maximum atomic E-state index is 8.97. The average molecular weight is 177 g/mol. The average Bonchev–Trinajstić information content (AvgIpc) is 1.64. The monoisotopic (exact) mass is 176 g/mol. The third-order valence-electron chi connectivity index (χ3n) is 1.29. The van der Waals surface area contributed by atoms with Crippen LogP contribution in [-0.2, 0) is 0 Å². The van der Waals surface area contributed by atoms with Crippen molar-refractivity contribution in [1.29, 1.82) is 0 Å². The predicted molar refractivity (Wildman–Crippen MR) is 36.9 cm³/mol. The molecule has 1 aliphatic rings. The second kappa shape index (κ2) is 2.65. The molecule has 0 aromatic rings. The molecule has 1 unspecified atom stereocenters. The molecule has 0 saturated carbocycles. The van der Waals surface area contributed by atoms with E-state index in [0.29, 0.717) is 0 Å². The molecule has 1 nitrogen and oxygen atoms in total. The van der Waals surface area contributed by atoms with Crippen molar-refractivity contribution in [3.8, 4) is 0 Å². The summed E-state index contributed by atoms with van der Waals surface area (Å²) >= 11 is 3.33. The number of aliphatic hydroxyl groups is 1. The lowest BCUT2D eigenvalue weighted by atomic mass is 10.1. The van der Waals surface area contributed by atoms with Crippen molar-refractivity contribution in [2.24, 2.45) is 0 Å². The molecule has 0 aliphatic heterocycles. The van der Waals surface area contributed by atoms with Crippen molar-refractivity contribution in [3.63, 3.8) is 0 Å². The summed E-state index contributed by atoms with van der Waals surface area (Å²) in [4.78, 5) is 0. The zero-order chi connectivity index (χ0) is 5.98. The Morgan fingerprint density at radius 2 is 2.50 bits per heavy atom. The fourth-order valence-corrected chi connectivity index (χ4v) is 1.44. The van der Waals surface area contributed by atoms with E-state index in [0.717, 1.165) is 23.7 Å². The van der Waals surface area contributed by atoms with Crippen molar-refractivity contribution in [2.45, 2.75) is 25.4 Å². The highest BCUT2D eigenvalue weighted by atomic mass is 79.9. The molecule has 0 spiro atoms. The summed E-state index contributed by atoms with van der Waals surface area (Å²) in [5.74, 6) is 0. The van der Waals surface area contributed by atoms with E-state index < -0.39 is 0 Å². The van der Waals surface area contributed by atoms with Crippen LogP contribution >= 0.6 is 15.9 Å². The molecule has 0 aromatic carbocycles. The van der Waals surface area contributed by atoms with Gasteiger partial charge in [0.15, 0.2) is 0 Å². The van der Waals surface area contributed by atoms with Crippen molar-refractivity contribution in [2.75, 3.05) is 0 Å². The Bertz CT molecular complexity index is 109. The molecular weight excluding hydrogens is 168 g/mol. The minimum Gasteiger partial charge on any atom is -0.389 e. The Labute approximate surface area is 57.5 Å². The smallest absolute Gasteiger partial charge is 0.0731 e. The molecule has 46 valence electrons. The van der Waals surface area contributed by atoms with E-state index in [1.54, 1.807) is 0 Å². The number of hydrogen-bond acceptors (Lipinski definition) is 1. The molecule has 0 aromatic heterocycles. The van der Waals surface area contributed by atoms with Crippen LogP contribution in [0, 0.1) is 0 Å². The van der Waals surface area contributed by atoms with Crippen LogP contribution in [0.5, 0.6) is 0 Å². The van der Waals surface area contributed by atoms with Crippen LogP contribution in [0.2, 0.25) is 0 Å². The third-order valence-corrected chi connectivity index (χ3v) is 1.95. The first-order valence-corrected chi connectivity index (χ1v) is 3.62. The van der Waals surface area contributed by atoms with E-state index in [1.165, 1.54) is 0 Å². The van der Waals surface area contributed by atoms with Gasteiger partial charge in [-0.25, -0.2) is 0 Å². The van der Waals surface area contributed by atoms with Gasteiger partial charge >= 0.3 is 0 Å². The molecule has 8 heavy (non-hydrogen) atoms. The summed E-state index contributed by atoms with van der Waals surface area (Å²) in [5.41, 5.74) is 0. The van der Waals surface area contributed by atoms with Crippen LogP contribution in [0.4, 0.5) is 0 Å². The van der Waals surface area contributed by atoms with Gasteiger partial charge in [-0.1, -0.05) is 15.9 Å². The van der Waals surface area contributed by atoms with Gasteiger partial charge in [-0.3, -0.25) is 0 Å². The zero-order valence-corrected chi connectivity index (χ0v) is 6.19. The lowest BCUT2D eigenvalue weighted by Gasteiger charge is -2.11. The largest absolute Gasteiger partial charge is 0.389 e. The van der Waals surface area contributed by atoms with E-state index in [-0.39, 0.29) is 6.10 Å². The van der Waals surface area contributed by atoms with E-state index in [9.17, 15) is 0 Å². The predicted octanol–water partition coefficient (Wildman–Crippen LogP) is 1.81. The molecule has 2 heteroatoms. The van der Waals surface area contributed by atoms with E-state index >= 15 is 0 Å². The first-order chi connectivity index (χ1) is 3.79. The summed E-state index contributed by atoms with van der Waals surface area (Å²) in [6.07, 6.45) is 4.80. The molecule has 0 radical (unpaired) electrons. The molecule has 0 saturated heterocycles. The lowest BCUT2D eigenvalue weighted by Crippen LogP contribution is -2.06.